The third kappa shape index (κ3) is 3.63. The minimum absolute atomic E-state index is 0.0400. The third-order valence-corrected chi connectivity index (χ3v) is 5.60. The van der Waals surface area contributed by atoms with Crippen LogP contribution in [0.25, 0.3) is 22.2 Å². The molecule has 0 spiro atoms. The molecule has 4 rings (SSSR count). The quantitative estimate of drug-likeness (QED) is 0.569. The number of nitrogen functional groups attached to an aromatic ring is 1. The van der Waals surface area contributed by atoms with Gasteiger partial charge < -0.3 is 20.5 Å². The molecule has 30 heavy (non-hydrogen) atoms. The molecule has 1 aliphatic carbocycles. The molecule has 7 nitrogen and oxygen atoms in total. The number of aromatic nitrogens is 3. The van der Waals surface area contributed by atoms with Gasteiger partial charge in [-0.3, -0.25) is 0 Å². The van der Waals surface area contributed by atoms with Crippen molar-refractivity contribution in [3.63, 3.8) is 0 Å². The summed E-state index contributed by atoms with van der Waals surface area (Å²) < 4.78 is 37.3. The molecule has 11 heteroatoms. The summed E-state index contributed by atoms with van der Waals surface area (Å²) in [6.45, 7) is 0. The summed E-state index contributed by atoms with van der Waals surface area (Å²) >= 11 is 13.0. The normalized spacial score (nSPS) is 15.7. The van der Waals surface area contributed by atoms with Crippen LogP contribution in [0.2, 0.25) is 10.0 Å². The number of methoxy groups -OCH3 is 2. The lowest BCUT2D eigenvalue weighted by Crippen LogP contribution is -2.44. The Morgan fingerprint density at radius 1 is 1.10 bits per heavy atom. The second kappa shape index (κ2) is 7.55. The van der Waals surface area contributed by atoms with Gasteiger partial charge in [-0.2, -0.15) is 0 Å². The first kappa shape index (κ1) is 20.6. The van der Waals surface area contributed by atoms with Crippen molar-refractivity contribution in [1.82, 2.24) is 15.0 Å². The van der Waals surface area contributed by atoms with E-state index in [4.69, 9.17) is 38.4 Å². The molecule has 0 atom stereocenters. The smallest absolute Gasteiger partial charge is 0.252 e. The Bertz CT molecular complexity index is 1110. The van der Waals surface area contributed by atoms with Gasteiger partial charge in [0.1, 0.15) is 17.0 Å². The van der Waals surface area contributed by atoms with Gasteiger partial charge in [-0.05, 0) is 6.07 Å². The molecule has 2 heterocycles. The van der Waals surface area contributed by atoms with Crippen LogP contribution in [-0.2, 0) is 0 Å². The third-order valence-electron chi connectivity index (χ3n) is 4.85. The van der Waals surface area contributed by atoms with E-state index >= 15 is 0 Å². The molecular weight excluding hydrogens is 439 g/mol. The summed E-state index contributed by atoms with van der Waals surface area (Å²) in [5.41, 5.74) is 6.86. The first-order valence-corrected chi connectivity index (χ1v) is 9.66. The van der Waals surface area contributed by atoms with Crippen molar-refractivity contribution in [2.24, 2.45) is 0 Å². The first-order chi connectivity index (χ1) is 14.2. The Balaban J connectivity index is 1.90. The maximum atomic E-state index is 13.3. The predicted octanol–water partition coefficient (Wildman–Crippen LogP) is 4.81. The number of hydrogen-bond acceptors (Lipinski definition) is 7. The van der Waals surface area contributed by atoms with Crippen molar-refractivity contribution in [3.8, 4) is 22.8 Å². The van der Waals surface area contributed by atoms with Crippen LogP contribution in [0.3, 0.4) is 0 Å². The van der Waals surface area contributed by atoms with Crippen LogP contribution in [0.15, 0.2) is 18.3 Å². The van der Waals surface area contributed by atoms with Gasteiger partial charge >= 0.3 is 0 Å². The van der Waals surface area contributed by atoms with E-state index in [9.17, 15) is 8.78 Å². The second-order valence-corrected chi connectivity index (χ2v) is 7.67. The van der Waals surface area contributed by atoms with Crippen LogP contribution >= 0.6 is 23.2 Å². The molecule has 1 aliphatic rings. The van der Waals surface area contributed by atoms with Gasteiger partial charge in [0.15, 0.2) is 5.82 Å². The van der Waals surface area contributed by atoms with Gasteiger partial charge in [0.05, 0.1) is 30.0 Å². The second-order valence-electron chi connectivity index (χ2n) is 6.91. The van der Waals surface area contributed by atoms with Gasteiger partial charge in [-0.15, -0.1) is 0 Å². The average Bonchev–Trinajstić information content (AvgIpc) is 2.67. The lowest BCUT2D eigenvalue weighted by molar-refractivity contribution is -0.0793. The van der Waals surface area contributed by atoms with Crippen molar-refractivity contribution in [3.05, 3.63) is 28.4 Å². The largest absolute Gasteiger partial charge is 0.495 e. The molecular formula is C19H17Cl2F2N5O2. The molecule has 0 saturated heterocycles. The molecule has 1 fully saturated rings. The minimum atomic E-state index is -2.69. The highest BCUT2D eigenvalue weighted by atomic mass is 35.5. The Morgan fingerprint density at radius 2 is 1.73 bits per heavy atom. The summed E-state index contributed by atoms with van der Waals surface area (Å²) in [5.74, 6) is -1.68. The number of halogens is 4. The molecule has 1 aromatic carbocycles. The molecule has 158 valence electrons. The Kier molecular flexibility index (Phi) is 5.19. The van der Waals surface area contributed by atoms with Crippen LogP contribution in [0, 0.1) is 0 Å². The van der Waals surface area contributed by atoms with Gasteiger partial charge in [0.2, 0.25) is 5.95 Å². The average molecular weight is 456 g/mol. The number of ether oxygens (including phenoxy) is 2. The van der Waals surface area contributed by atoms with Crippen molar-refractivity contribution in [1.29, 1.82) is 0 Å². The van der Waals surface area contributed by atoms with E-state index in [-0.39, 0.29) is 34.7 Å². The van der Waals surface area contributed by atoms with Gasteiger partial charge in [-0.25, -0.2) is 23.7 Å². The molecule has 3 aromatic rings. The zero-order valence-corrected chi connectivity index (χ0v) is 17.5. The maximum absolute atomic E-state index is 13.3. The standard InChI is InChI=1S/C19H17Cl2F2N5O2/c1-29-11-4-12(30-2)15(21)13(14(11)20)10-3-8-7-25-18(24)28-16(8)17(27-10)26-9-5-19(22,23)6-9/h3-4,7,9H,5-6H2,1-2H3,(H,26,27)(H2,24,25,28). The van der Waals surface area contributed by atoms with Crippen LogP contribution in [-0.4, -0.2) is 41.1 Å². The minimum Gasteiger partial charge on any atom is -0.495 e. The Labute approximate surface area is 180 Å². The number of nitrogens with two attached hydrogens (primary N) is 1. The summed E-state index contributed by atoms with van der Waals surface area (Å²) in [6.07, 6.45) is 0.924. The highest BCUT2D eigenvalue weighted by Gasteiger charge is 2.45. The number of benzene rings is 1. The maximum Gasteiger partial charge on any atom is 0.252 e. The lowest BCUT2D eigenvalue weighted by Gasteiger charge is -2.35. The number of alkyl halides is 2. The molecule has 0 radical (unpaired) electrons. The van der Waals surface area contributed by atoms with E-state index in [1.54, 1.807) is 12.1 Å². The van der Waals surface area contributed by atoms with E-state index in [0.717, 1.165) is 0 Å². The molecule has 2 aromatic heterocycles. The number of fused-ring (bicyclic) bond motifs is 1. The number of hydrogen-bond donors (Lipinski definition) is 2. The molecule has 1 saturated carbocycles. The van der Waals surface area contributed by atoms with Crippen molar-refractivity contribution < 1.29 is 18.3 Å². The molecule has 0 amide bonds. The fourth-order valence-electron chi connectivity index (χ4n) is 3.35. The fraction of sp³-hybridized carbons (Fsp3) is 0.316. The Hall–Kier alpha value is -2.65. The van der Waals surface area contributed by atoms with Crippen LogP contribution in [0.1, 0.15) is 12.8 Å². The van der Waals surface area contributed by atoms with E-state index in [1.165, 1.54) is 20.4 Å². The van der Waals surface area contributed by atoms with E-state index in [2.05, 4.69) is 20.3 Å². The van der Waals surface area contributed by atoms with Crippen LogP contribution in [0.4, 0.5) is 20.5 Å². The fourth-order valence-corrected chi connectivity index (χ4v) is 4.04. The number of nitrogens with one attached hydrogen (secondary N) is 1. The molecule has 3 N–H and O–H groups in total. The van der Waals surface area contributed by atoms with Crippen molar-refractivity contribution >= 4 is 45.9 Å². The highest BCUT2D eigenvalue weighted by Crippen LogP contribution is 2.46. The van der Waals surface area contributed by atoms with Crippen molar-refractivity contribution in [2.75, 3.05) is 25.3 Å². The molecule has 0 unspecified atom stereocenters. The van der Waals surface area contributed by atoms with Crippen LogP contribution < -0.4 is 20.5 Å². The zero-order chi connectivity index (χ0) is 21.6. The Morgan fingerprint density at radius 3 is 2.30 bits per heavy atom. The molecule has 0 aliphatic heterocycles. The summed E-state index contributed by atoms with van der Waals surface area (Å²) in [4.78, 5) is 12.8. The predicted molar refractivity (Wildman–Crippen MR) is 112 cm³/mol. The SMILES string of the molecule is COc1cc(OC)c(Cl)c(-c2cc3cnc(N)nc3c(NC3CC(F)(F)C3)n2)c1Cl. The number of nitrogens with zero attached hydrogens (tertiary/aromatic N) is 3. The van der Waals surface area contributed by atoms with Gasteiger partial charge in [0.25, 0.3) is 5.92 Å². The zero-order valence-electron chi connectivity index (χ0n) is 16.0. The van der Waals surface area contributed by atoms with Gasteiger partial charge in [0, 0.05) is 42.1 Å². The van der Waals surface area contributed by atoms with Crippen LogP contribution in [0.5, 0.6) is 11.5 Å². The number of anilines is 2. The first-order valence-electron chi connectivity index (χ1n) is 8.90. The summed E-state index contributed by atoms with van der Waals surface area (Å²) in [6, 6.07) is 2.79. The topological polar surface area (TPSA) is 95.2 Å². The van der Waals surface area contributed by atoms with E-state index in [1.807, 2.05) is 0 Å². The lowest BCUT2D eigenvalue weighted by atomic mass is 9.88. The van der Waals surface area contributed by atoms with E-state index < -0.39 is 12.0 Å². The summed E-state index contributed by atoms with van der Waals surface area (Å²) in [7, 11) is 2.93. The summed E-state index contributed by atoms with van der Waals surface area (Å²) in [5, 5.41) is 4.06. The number of pyridine rings is 1. The monoisotopic (exact) mass is 455 g/mol. The van der Waals surface area contributed by atoms with E-state index in [0.29, 0.717) is 33.7 Å². The van der Waals surface area contributed by atoms with Gasteiger partial charge in [-0.1, -0.05) is 23.2 Å². The van der Waals surface area contributed by atoms with Crippen molar-refractivity contribution in [2.45, 2.75) is 24.8 Å². The highest BCUT2D eigenvalue weighted by molar-refractivity contribution is 6.41. The molecule has 0 bridgehead atoms. The number of rotatable bonds is 5.